The minimum absolute atomic E-state index is 0.0336. The average Bonchev–Trinajstić information content (AvgIpc) is 3.29. The number of amides is 1. The first-order chi connectivity index (χ1) is 12.6. The van der Waals surface area contributed by atoms with Gasteiger partial charge in [0.1, 0.15) is 5.75 Å². The Morgan fingerprint density at radius 3 is 2.69 bits per heavy atom. The number of aryl methyl sites for hydroxylation is 2. The Bertz CT molecular complexity index is 837. The molecule has 1 amide bonds. The Labute approximate surface area is 154 Å². The number of methoxy groups -OCH3 is 1. The van der Waals surface area contributed by atoms with E-state index in [1.54, 1.807) is 7.11 Å². The Morgan fingerprint density at radius 2 is 2.04 bits per heavy atom. The molecule has 1 saturated heterocycles. The molecule has 6 nitrogen and oxygen atoms in total. The summed E-state index contributed by atoms with van der Waals surface area (Å²) >= 11 is 0. The number of carbonyl (C=O) groups is 1. The van der Waals surface area contributed by atoms with E-state index in [4.69, 9.17) is 4.74 Å². The predicted octanol–water partition coefficient (Wildman–Crippen LogP) is 3.29. The number of benzene rings is 1. The number of nitrogens with zero attached hydrogens (tertiary/aromatic N) is 3. The van der Waals surface area contributed by atoms with Gasteiger partial charge in [0, 0.05) is 55.5 Å². The van der Waals surface area contributed by atoms with Gasteiger partial charge in [-0.3, -0.25) is 9.48 Å². The van der Waals surface area contributed by atoms with Crippen molar-refractivity contribution in [2.75, 3.05) is 30.4 Å². The molecule has 1 fully saturated rings. The molecule has 2 aliphatic heterocycles. The van der Waals surface area contributed by atoms with Crippen molar-refractivity contribution >= 4 is 17.3 Å². The summed E-state index contributed by atoms with van der Waals surface area (Å²) in [5, 5.41) is 7.61. The first-order valence-corrected chi connectivity index (χ1v) is 9.41. The summed E-state index contributed by atoms with van der Waals surface area (Å²) in [6, 6.07) is 4.19. The molecule has 1 N–H and O–H groups in total. The van der Waals surface area contributed by atoms with Gasteiger partial charge in [-0.05, 0) is 38.3 Å². The molecule has 3 heterocycles. The van der Waals surface area contributed by atoms with E-state index >= 15 is 0 Å². The molecule has 6 heteroatoms. The van der Waals surface area contributed by atoms with Gasteiger partial charge in [0.2, 0.25) is 5.91 Å². The number of aromatic nitrogens is 2. The summed E-state index contributed by atoms with van der Waals surface area (Å²) in [4.78, 5) is 14.7. The summed E-state index contributed by atoms with van der Waals surface area (Å²) in [5.74, 6) is 0.904. The van der Waals surface area contributed by atoms with Crippen LogP contribution in [0.2, 0.25) is 0 Å². The fourth-order valence-corrected chi connectivity index (χ4v) is 4.16. The lowest BCUT2D eigenvalue weighted by Crippen LogP contribution is -2.25. The molecule has 4 rings (SSSR count). The minimum atomic E-state index is 0.0336. The van der Waals surface area contributed by atoms with Crippen molar-refractivity contribution in [3.8, 4) is 5.75 Å². The molecular weight excluding hydrogens is 328 g/mol. The van der Waals surface area contributed by atoms with Crippen LogP contribution in [0.4, 0.5) is 11.4 Å². The van der Waals surface area contributed by atoms with Crippen LogP contribution in [0.25, 0.3) is 0 Å². The SMILES string of the molecule is CCn1cc(C2CC(=O)Nc3cc(OC)c(N4CCCC4)cc32)c(C)n1. The highest BCUT2D eigenvalue weighted by Crippen LogP contribution is 2.44. The third-order valence-corrected chi connectivity index (χ3v) is 5.52. The van der Waals surface area contributed by atoms with Gasteiger partial charge in [-0.1, -0.05) is 0 Å². The number of fused-ring (bicyclic) bond motifs is 1. The Balaban J connectivity index is 1.83. The summed E-state index contributed by atoms with van der Waals surface area (Å²) in [6.45, 7) is 7.04. The number of nitrogens with one attached hydrogen (secondary N) is 1. The highest BCUT2D eigenvalue weighted by atomic mass is 16.5. The van der Waals surface area contributed by atoms with Crippen LogP contribution in [0, 0.1) is 6.92 Å². The molecule has 2 aliphatic rings. The fourth-order valence-electron chi connectivity index (χ4n) is 4.16. The number of hydrogen-bond acceptors (Lipinski definition) is 4. The van der Waals surface area contributed by atoms with Crippen LogP contribution in [0.5, 0.6) is 5.75 Å². The maximum Gasteiger partial charge on any atom is 0.225 e. The van der Waals surface area contributed by atoms with Gasteiger partial charge < -0.3 is 15.0 Å². The Hall–Kier alpha value is -2.50. The van der Waals surface area contributed by atoms with Gasteiger partial charge >= 0.3 is 0 Å². The summed E-state index contributed by atoms with van der Waals surface area (Å²) in [6.07, 6.45) is 4.96. The number of ether oxygens (including phenoxy) is 1. The van der Waals surface area contributed by atoms with Crippen molar-refractivity contribution in [3.63, 3.8) is 0 Å². The molecule has 1 unspecified atom stereocenters. The first kappa shape index (κ1) is 16.9. The molecule has 0 bridgehead atoms. The normalized spacial score (nSPS) is 19.4. The first-order valence-electron chi connectivity index (χ1n) is 9.41. The van der Waals surface area contributed by atoms with E-state index in [-0.39, 0.29) is 11.8 Å². The quantitative estimate of drug-likeness (QED) is 0.915. The van der Waals surface area contributed by atoms with E-state index in [1.165, 1.54) is 12.8 Å². The molecule has 1 aromatic heterocycles. The van der Waals surface area contributed by atoms with Crippen LogP contribution in [0.15, 0.2) is 18.3 Å². The number of carbonyl (C=O) groups excluding carboxylic acids is 1. The highest BCUT2D eigenvalue weighted by Gasteiger charge is 2.31. The highest BCUT2D eigenvalue weighted by molar-refractivity contribution is 5.96. The van der Waals surface area contributed by atoms with Crippen molar-refractivity contribution in [1.29, 1.82) is 0 Å². The summed E-state index contributed by atoms with van der Waals surface area (Å²) in [5.41, 5.74) is 5.28. The lowest BCUT2D eigenvalue weighted by molar-refractivity contribution is -0.116. The third kappa shape index (κ3) is 2.83. The standard InChI is InChI=1S/C20H26N4O2/c1-4-24-12-16(13(2)22-24)14-10-20(25)21-17-11-19(26-3)18(9-15(14)17)23-7-5-6-8-23/h9,11-12,14H,4-8,10H2,1-3H3,(H,21,25). The number of rotatable bonds is 4. The second-order valence-electron chi connectivity index (χ2n) is 7.14. The van der Waals surface area contributed by atoms with Crippen molar-refractivity contribution in [3.05, 3.63) is 35.2 Å². The van der Waals surface area contributed by atoms with Crippen LogP contribution in [-0.2, 0) is 11.3 Å². The fraction of sp³-hybridized carbons (Fsp3) is 0.500. The monoisotopic (exact) mass is 354 g/mol. The number of hydrogen-bond donors (Lipinski definition) is 1. The predicted molar refractivity (Wildman–Crippen MR) is 102 cm³/mol. The molecule has 0 aliphatic carbocycles. The Kier molecular flexibility index (Phi) is 4.34. The van der Waals surface area contributed by atoms with Crippen molar-refractivity contribution in [1.82, 2.24) is 9.78 Å². The molecule has 0 saturated carbocycles. The van der Waals surface area contributed by atoms with E-state index in [2.05, 4.69) is 34.5 Å². The molecule has 138 valence electrons. The molecule has 2 aromatic rings. The van der Waals surface area contributed by atoms with Gasteiger partial charge in [0.25, 0.3) is 0 Å². The van der Waals surface area contributed by atoms with Crippen LogP contribution in [0.1, 0.15) is 48.9 Å². The lowest BCUT2D eigenvalue weighted by Gasteiger charge is -2.29. The smallest absolute Gasteiger partial charge is 0.225 e. The molecule has 26 heavy (non-hydrogen) atoms. The minimum Gasteiger partial charge on any atom is -0.495 e. The van der Waals surface area contributed by atoms with Crippen molar-refractivity contribution in [2.45, 2.75) is 45.6 Å². The molecule has 1 aromatic carbocycles. The van der Waals surface area contributed by atoms with E-state index in [9.17, 15) is 4.79 Å². The van der Waals surface area contributed by atoms with Crippen molar-refractivity contribution in [2.24, 2.45) is 0 Å². The zero-order chi connectivity index (χ0) is 18.3. The maximum absolute atomic E-state index is 12.3. The molecule has 1 atom stereocenters. The van der Waals surface area contributed by atoms with Crippen molar-refractivity contribution < 1.29 is 9.53 Å². The average molecular weight is 354 g/mol. The van der Waals surface area contributed by atoms with Gasteiger partial charge in [0.05, 0.1) is 18.5 Å². The zero-order valence-corrected chi connectivity index (χ0v) is 15.7. The lowest BCUT2D eigenvalue weighted by atomic mass is 9.84. The number of anilines is 2. The van der Waals surface area contributed by atoms with Gasteiger partial charge in [-0.25, -0.2) is 0 Å². The summed E-state index contributed by atoms with van der Waals surface area (Å²) in [7, 11) is 1.69. The second-order valence-corrected chi connectivity index (χ2v) is 7.14. The molecule has 0 radical (unpaired) electrons. The van der Waals surface area contributed by atoms with Gasteiger partial charge in [-0.15, -0.1) is 0 Å². The molecular formula is C20H26N4O2. The van der Waals surface area contributed by atoms with Gasteiger partial charge in [0.15, 0.2) is 0 Å². The summed E-state index contributed by atoms with van der Waals surface area (Å²) < 4.78 is 7.58. The second kappa shape index (κ2) is 6.67. The largest absolute Gasteiger partial charge is 0.495 e. The van der Waals surface area contributed by atoms with Crippen LogP contribution in [-0.4, -0.2) is 35.9 Å². The van der Waals surface area contributed by atoms with Crippen LogP contribution in [0.3, 0.4) is 0 Å². The van der Waals surface area contributed by atoms with Crippen LogP contribution >= 0.6 is 0 Å². The topological polar surface area (TPSA) is 59.4 Å². The van der Waals surface area contributed by atoms with Crippen LogP contribution < -0.4 is 15.0 Å². The maximum atomic E-state index is 12.3. The third-order valence-electron chi connectivity index (χ3n) is 5.52. The zero-order valence-electron chi connectivity index (χ0n) is 15.7. The molecule has 0 spiro atoms. The van der Waals surface area contributed by atoms with E-state index in [0.717, 1.165) is 53.6 Å². The van der Waals surface area contributed by atoms with E-state index < -0.39 is 0 Å². The Morgan fingerprint density at radius 1 is 1.27 bits per heavy atom. The van der Waals surface area contributed by atoms with E-state index in [0.29, 0.717) is 6.42 Å². The van der Waals surface area contributed by atoms with Gasteiger partial charge in [-0.2, -0.15) is 5.10 Å². The van der Waals surface area contributed by atoms with E-state index in [1.807, 2.05) is 17.7 Å².